The number of urea groups is 1. The Morgan fingerprint density at radius 2 is 2.35 bits per heavy atom. The van der Waals surface area contributed by atoms with E-state index in [4.69, 9.17) is 4.74 Å². The Morgan fingerprint density at radius 3 is 3.00 bits per heavy atom. The summed E-state index contributed by atoms with van der Waals surface area (Å²) < 4.78 is 5.46. The van der Waals surface area contributed by atoms with Gasteiger partial charge in [-0.1, -0.05) is 6.07 Å². The number of hydrogen-bond donors (Lipinski definition) is 1. The molecule has 1 aliphatic heterocycles. The van der Waals surface area contributed by atoms with Gasteiger partial charge in [0.25, 0.3) is 0 Å². The molecule has 3 atom stereocenters. The van der Waals surface area contributed by atoms with Crippen LogP contribution in [0.1, 0.15) is 32.4 Å². The fourth-order valence-corrected chi connectivity index (χ4v) is 2.89. The predicted octanol–water partition coefficient (Wildman–Crippen LogP) is 1.89. The van der Waals surface area contributed by atoms with Gasteiger partial charge >= 0.3 is 6.03 Å². The lowest BCUT2D eigenvalue weighted by molar-refractivity contribution is -0.0178. The molecule has 6 nitrogen and oxygen atoms in total. The Balaban J connectivity index is 1.84. The van der Waals surface area contributed by atoms with E-state index in [1.165, 1.54) is 0 Å². The zero-order valence-electron chi connectivity index (χ0n) is 14.5. The molecule has 2 rings (SSSR count). The van der Waals surface area contributed by atoms with E-state index in [1.54, 1.807) is 17.3 Å². The number of nitrogens with zero attached hydrogens (tertiary/aromatic N) is 3. The normalized spacial score (nSPS) is 21.5. The smallest absolute Gasteiger partial charge is 0.317 e. The lowest BCUT2D eigenvalue weighted by Gasteiger charge is -2.38. The number of amides is 2. The third-order valence-electron chi connectivity index (χ3n) is 4.60. The number of morpholine rings is 1. The largest absolute Gasteiger partial charge is 0.379 e. The third kappa shape index (κ3) is 4.65. The Labute approximate surface area is 138 Å². The highest BCUT2D eigenvalue weighted by molar-refractivity contribution is 5.74. The molecule has 0 bridgehead atoms. The van der Waals surface area contributed by atoms with Crippen LogP contribution in [-0.4, -0.2) is 66.2 Å². The standard InChI is InChI=1S/C17H28N4O2/c1-13(21-8-9-23-12-14(21)2)10-19-17(22)20(4)15(3)16-6-5-7-18-11-16/h5-7,11,13-15H,8-10,12H2,1-4H3,(H,19,22)/t13-,14+,15+/m1/s1. The van der Waals surface area contributed by atoms with Crippen molar-refractivity contribution in [3.05, 3.63) is 30.1 Å². The molecule has 1 aromatic rings. The summed E-state index contributed by atoms with van der Waals surface area (Å²) in [6.07, 6.45) is 3.54. The molecule has 1 saturated heterocycles. The van der Waals surface area contributed by atoms with Gasteiger partial charge in [0.2, 0.25) is 0 Å². The van der Waals surface area contributed by atoms with Crippen molar-refractivity contribution in [2.24, 2.45) is 0 Å². The van der Waals surface area contributed by atoms with E-state index in [0.29, 0.717) is 18.6 Å². The van der Waals surface area contributed by atoms with Gasteiger partial charge in [0.15, 0.2) is 0 Å². The van der Waals surface area contributed by atoms with Crippen LogP contribution in [-0.2, 0) is 4.74 Å². The summed E-state index contributed by atoms with van der Waals surface area (Å²) in [6.45, 7) is 9.38. The van der Waals surface area contributed by atoms with Crippen LogP contribution in [0, 0.1) is 0 Å². The van der Waals surface area contributed by atoms with Gasteiger partial charge in [0.05, 0.1) is 19.3 Å². The molecule has 0 aliphatic carbocycles. The van der Waals surface area contributed by atoms with E-state index in [1.807, 2.05) is 26.1 Å². The highest BCUT2D eigenvalue weighted by atomic mass is 16.5. The van der Waals surface area contributed by atoms with Gasteiger partial charge in [0.1, 0.15) is 0 Å². The molecular formula is C17H28N4O2. The van der Waals surface area contributed by atoms with Crippen LogP contribution < -0.4 is 5.32 Å². The van der Waals surface area contributed by atoms with E-state index < -0.39 is 0 Å². The molecule has 1 aliphatic rings. The molecule has 1 N–H and O–H groups in total. The van der Waals surface area contributed by atoms with Crippen molar-refractivity contribution in [3.8, 4) is 0 Å². The second kappa shape index (κ2) is 8.26. The summed E-state index contributed by atoms with van der Waals surface area (Å²) in [5.74, 6) is 0. The number of ether oxygens (including phenoxy) is 1. The van der Waals surface area contributed by atoms with Crippen LogP contribution in [0.25, 0.3) is 0 Å². The number of hydrogen-bond acceptors (Lipinski definition) is 4. The summed E-state index contributed by atoms with van der Waals surface area (Å²) in [5, 5.41) is 3.03. The average Bonchev–Trinajstić information content (AvgIpc) is 2.59. The molecule has 0 aromatic carbocycles. The zero-order chi connectivity index (χ0) is 16.8. The molecule has 23 heavy (non-hydrogen) atoms. The molecule has 128 valence electrons. The van der Waals surface area contributed by atoms with Gasteiger partial charge in [0, 0.05) is 44.6 Å². The van der Waals surface area contributed by atoms with E-state index in [0.717, 1.165) is 25.3 Å². The lowest BCUT2D eigenvalue weighted by Crippen LogP contribution is -2.53. The van der Waals surface area contributed by atoms with E-state index in [9.17, 15) is 4.79 Å². The van der Waals surface area contributed by atoms with Gasteiger partial charge in [-0.3, -0.25) is 9.88 Å². The summed E-state index contributed by atoms with van der Waals surface area (Å²) in [7, 11) is 1.81. The average molecular weight is 320 g/mol. The quantitative estimate of drug-likeness (QED) is 0.900. The minimum atomic E-state index is -0.0610. The second-order valence-electron chi connectivity index (χ2n) is 6.27. The van der Waals surface area contributed by atoms with Crippen molar-refractivity contribution in [3.63, 3.8) is 0 Å². The fourth-order valence-electron chi connectivity index (χ4n) is 2.89. The molecule has 1 aromatic heterocycles. The van der Waals surface area contributed by atoms with Crippen LogP contribution in [0.2, 0.25) is 0 Å². The van der Waals surface area contributed by atoms with Crippen molar-refractivity contribution in [1.82, 2.24) is 20.1 Å². The van der Waals surface area contributed by atoms with Crippen LogP contribution in [0.5, 0.6) is 0 Å². The second-order valence-corrected chi connectivity index (χ2v) is 6.27. The number of aromatic nitrogens is 1. The van der Waals surface area contributed by atoms with Crippen LogP contribution >= 0.6 is 0 Å². The molecule has 0 radical (unpaired) electrons. The molecule has 0 spiro atoms. The Hall–Kier alpha value is -1.66. The third-order valence-corrected chi connectivity index (χ3v) is 4.60. The first-order valence-electron chi connectivity index (χ1n) is 8.24. The van der Waals surface area contributed by atoms with Gasteiger partial charge in [-0.25, -0.2) is 4.79 Å². The molecule has 2 amide bonds. The van der Waals surface area contributed by atoms with Crippen molar-refractivity contribution in [2.75, 3.05) is 33.4 Å². The molecule has 1 fully saturated rings. The lowest BCUT2D eigenvalue weighted by atomic mass is 10.1. The summed E-state index contributed by atoms with van der Waals surface area (Å²) in [5.41, 5.74) is 1.03. The number of nitrogens with one attached hydrogen (secondary N) is 1. The first kappa shape index (κ1) is 17.7. The van der Waals surface area contributed by atoms with E-state index in [-0.39, 0.29) is 12.1 Å². The zero-order valence-corrected chi connectivity index (χ0v) is 14.5. The molecule has 2 heterocycles. The van der Waals surface area contributed by atoms with Crippen LogP contribution in [0.3, 0.4) is 0 Å². The van der Waals surface area contributed by atoms with Gasteiger partial charge < -0.3 is 15.0 Å². The molecule has 0 unspecified atom stereocenters. The number of carbonyl (C=O) groups excluding carboxylic acids is 1. The van der Waals surface area contributed by atoms with Gasteiger partial charge in [-0.2, -0.15) is 0 Å². The van der Waals surface area contributed by atoms with Gasteiger partial charge in [-0.05, 0) is 32.4 Å². The van der Waals surface area contributed by atoms with E-state index in [2.05, 4.69) is 29.0 Å². The number of pyridine rings is 1. The minimum Gasteiger partial charge on any atom is -0.379 e. The van der Waals surface area contributed by atoms with Crippen molar-refractivity contribution in [1.29, 1.82) is 0 Å². The first-order chi connectivity index (χ1) is 11.0. The maximum atomic E-state index is 12.4. The Kier molecular flexibility index (Phi) is 6.36. The SMILES string of the molecule is C[C@H](CNC(=O)N(C)[C@@H](C)c1cccnc1)N1CCOC[C@@H]1C. The van der Waals surface area contributed by atoms with Gasteiger partial charge in [-0.15, -0.1) is 0 Å². The molecular weight excluding hydrogens is 292 g/mol. The maximum absolute atomic E-state index is 12.4. The Morgan fingerprint density at radius 1 is 1.57 bits per heavy atom. The monoisotopic (exact) mass is 320 g/mol. The summed E-state index contributed by atoms with van der Waals surface area (Å²) in [6, 6.07) is 4.48. The predicted molar refractivity (Wildman–Crippen MR) is 90.3 cm³/mol. The van der Waals surface area contributed by atoms with Crippen LogP contribution in [0.15, 0.2) is 24.5 Å². The maximum Gasteiger partial charge on any atom is 0.317 e. The number of carbonyl (C=O) groups is 1. The van der Waals surface area contributed by atoms with Crippen molar-refractivity contribution < 1.29 is 9.53 Å². The van der Waals surface area contributed by atoms with Crippen molar-refractivity contribution >= 4 is 6.03 Å². The fraction of sp³-hybridized carbons (Fsp3) is 0.647. The highest BCUT2D eigenvalue weighted by Crippen LogP contribution is 2.17. The summed E-state index contributed by atoms with van der Waals surface area (Å²) >= 11 is 0. The molecule has 6 heteroatoms. The minimum absolute atomic E-state index is 0.0127. The van der Waals surface area contributed by atoms with Crippen LogP contribution in [0.4, 0.5) is 4.79 Å². The Bertz CT molecular complexity index is 497. The first-order valence-corrected chi connectivity index (χ1v) is 8.24. The van der Waals surface area contributed by atoms with E-state index >= 15 is 0 Å². The topological polar surface area (TPSA) is 57.7 Å². The van der Waals surface area contributed by atoms with Crippen molar-refractivity contribution in [2.45, 2.75) is 38.9 Å². The highest BCUT2D eigenvalue weighted by Gasteiger charge is 2.24. The number of rotatable bonds is 5. The summed E-state index contributed by atoms with van der Waals surface area (Å²) in [4.78, 5) is 20.6. The molecule has 0 saturated carbocycles.